The number of likely N-dealkylation sites (N-methyl/N-ethyl adjacent to an activating group) is 1. The number of benzene rings is 2. The lowest BCUT2D eigenvalue weighted by Crippen LogP contribution is -2.40. The van der Waals surface area contributed by atoms with Crippen LogP contribution < -0.4 is 10.6 Å². The van der Waals surface area contributed by atoms with E-state index in [9.17, 15) is 9.59 Å². The number of hydrogen-bond acceptors (Lipinski definition) is 3. The second kappa shape index (κ2) is 10.7. The van der Waals surface area contributed by atoms with Crippen molar-refractivity contribution in [3.05, 3.63) is 70.9 Å². The summed E-state index contributed by atoms with van der Waals surface area (Å²) in [5, 5.41) is 11.0. The second-order valence-electron chi connectivity index (χ2n) is 9.07. The number of aryl methyl sites for hydroxylation is 1. The number of nitrogens with one attached hydrogen (secondary N) is 2. The van der Waals surface area contributed by atoms with Crippen LogP contribution >= 0.6 is 11.6 Å². The van der Waals surface area contributed by atoms with Gasteiger partial charge < -0.3 is 15.5 Å². The Hall–Kier alpha value is -3.32. The van der Waals surface area contributed by atoms with Gasteiger partial charge in [-0.2, -0.15) is 5.10 Å². The summed E-state index contributed by atoms with van der Waals surface area (Å²) in [7, 11) is 0. The van der Waals surface area contributed by atoms with E-state index in [2.05, 4.69) is 17.6 Å². The number of rotatable bonds is 7. The van der Waals surface area contributed by atoms with E-state index in [4.69, 9.17) is 16.7 Å². The van der Waals surface area contributed by atoms with E-state index in [1.54, 1.807) is 10.7 Å². The summed E-state index contributed by atoms with van der Waals surface area (Å²) in [5.41, 5.74) is 3.12. The molecule has 3 amide bonds. The molecule has 34 heavy (non-hydrogen) atoms. The first-order valence-electron chi connectivity index (χ1n) is 11.4. The molecule has 3 aromatic rings. The van der Waals surface area contributed by atoms with E-state index in [1.807, 2.05) is 76.2 Å². The number of urea groups is 1. The van der Waals surface area contributed by atoms with Crippen LogP contribution in [0.3, 0.4) is 0 Å². The van der Waals surface area contributed by atoms with Crippen LogP contribution in [-0.4, -0.2) is 39.7 Å². The van der Waals surface area contributed by atoms with Gasteiger partial charge in [0.2, 0.25) is 5.91 Å². The zero-order chi connectivity index (χ0) is 24.9. The monoisotopic (exact) mass is 481 g/mol. The topological polar surface area (TPSA) is 79.3 Å². The van der Waals surface area contributed by atoms with Gasteiger partial charge in [0.15, 0.2) is 0 Å². The number of para-hydroxylation sites is 1. The minimum absolute atomic E-state index is 0.103. The number of aromatic nitrogens is 2. The predicted octanol–water partition coefficient (Wildman–Crippen LogP) is 5.88. The Kier molecular flexibility index (Phi) is 7.99. The third-order valence-electron chi connectivity index (χ3n) is 5.44. The summed E-state index contributed by atoms with van der Waals surface area (Å²) in [4.78, 5) is 27.1. The van der Waals surface area contributed by atoms with Crippen molar-refractivity contribution in [1.29, 1.82) is 0 Å². The summed E-state index contributed by atoms with van der Waals surface area (Å²) in [6.07, 6.45) is 0.928. The molecular weight excluding hydrogens is 450 g/mol. The van der Waals surface area contributed by atoms with Gasteiger partial charge in [0.05, 0.1) is 16.4 Å². The largest absolute Gasteiger partial charge is 0.322 e. The van der Waals surface area contributed by atoms with Crippen molar-refractivity contribution in [2.24, 2.45) is 0 Å². The van der Waals surface area contributed by atoms with E-state index < -0.39 is 0 Å². The molecule has 0 aliphatic rings. The fourth-order valence-corrected chi connectivity index (χ4v) is 3.57. The first-order valence-corrected chi connectivity index (χ1v) is 11.8. The van der Waals surface area contributed by atoms with Gasteiger partial charge in [0.25, 0.3) is 0 Å². The molecule has 0 radical (unpaired) electrons. The summed E-state index contributed by atoms with van der Waals surface area (Å²) in [5.74, 6) is 0.168. The quantitative estimate of drug-likeness (QED) is 0.442. The second-order valence-corrected chi connectivity index (χ2v) is 9.48. The maximum absolute atomic E-state index is 12.9. The normalized spacial score (nSPS) is 11.2. The number of amides is 3. The fraction of sp³-hybridized carbons (Fsp3) is 0.346. The number of halogens is 1. The zero-order valence-electron chi connectivity index (χ0n) is 20.4. The van der Waals surface area contributed by atoms with E-state index in [0.29, 0.717) is 28.8 Å². The lowest BCUT2D eigenvalue weighted by Gasteiger charge is -2.21. The van der Waals surface area contributed by atoms with Crippen molar-refractivity contribution in [3.8, 4) is 5.69 Å². The van der Waals surface area contributed by atoms with Crippen molar-refractivity contribution in [2.75, 3.05) is 23.7 Å². The molecule has 0 saturated carbocycles. The van der Waals surface area contributed by atoms with Gasteiger partial charge in [-0.25, -0.2) is 9.48 Å². The van der Waals surface area contributed by atoms with E-state index in [1.165, 1.54) is 10.5 Å². The Morgan fingerprint density at radius 2 is 1.71 bits per heavy atom. The van der Waals surface area contributed by atoms with E-state index in [-0.39, 0.29) is 23.9 Å². The predicted molar refractivity (Wildman–Crippen MR) is 138 cm³/mol. The van der Waals surface area contributed by atoms with E-state index in [0.717, 1.165) is 12.1 Å². The Balaban J connectivity index is 1.76. The molecule has 1 aromatic heterocycles. The molecule has 1 heterocycles. The van der Waals surface area contributed by atoms with E-state index >= 15 is 0 Å². The average molecular weight is 482 g/mol. The summed E-state index contributed by atoms with van der Waals surface area (Å²) in [6.45, 7) is 10.3. The highest BCUT2D eigenvalue weighted by Crippen LogP contribution is 2.29. The van der Waals surface area contributed by atoms with Gasteiger partial charge >= 0.3 is 6.03 Å². The van der Waals surface area contributed by atoms with Crippen molar-refractivity contribution in [3.63, 3.8) is 0 Å². The molecule has 180 valence electrons. The Labute approximate surface area is 206 Å². The van der Waals surface area contributed by atoms with Crippen LogP contribution in [0.5, 0.6) is 0 Å². The highest BCUT2D eigenvalue weighted by atomic mass is 35.5. The standard InChI is InChI=1S/C26H32ClN5O2/c1-6-18-12-14-19(15-13-18)28-25(34)31(7-2)17-24(33)29-23-16-22(26(3,4)5)30-32(23)21-11-9-8-10-20(21)27/h8-16H,6-7,17H2,1-5H3,(H,28,34)(H,29,33). The van der Waals surface area contributed by atoms with Crippen LogP contribution in [0, 0.1) is 0 Å². The molecule has 0 atom stereocenters. The van der Waals surface area contributed by atoms with Crippen LogP contribution in [0.4, 0.5) is 16.3 Å². The maximum atomic E-state index is 12.9. The van der Waals surface area contributed by atoms with Gasteiger partial charge in [-0.05, 0) is 43.2 Å². The molecule has 0 spiro atoms. The molecule has 2 aromatic carbocycles. The van der Waals surface area contributed by atoms with Crippen LogP contribution in [0.1, 0.15) is 45.9 Å². The van der Waals surface area contributed by atoms with Crippen LogP contribution in [0.2, 0.25) is 5.02 Å². The van der Waals surface area contributed by atoms with Crippen molar-refractivity contribution in [1.82, 2.24) is 14.7 Å². The summed E-state index contributed by atoms with van der Waals surface area (Å²) >= 11 is 6.40. The molecule has 0 bridgehead atoms. The Bertz CT molecular complexity index is 1150. The van der Waals surface area contributed by atoms with Gasteiger partial charge in [0, 0.05) is 23.7 Å². The lowest BCUT2D eigenvalue weighted by atomic mass is 9.92. The van der Waals surface area contributed by atoms with Crippen molar-refractivity contribution < 1.29 is 9.59 Å². The molecule has 0 fully saturated rings. The Morgan fingerprint density at radius 3 is 2.29 bits per heavy atom. The third-order valence-corrected chi connectivity index (χ3v) is 5.76. The van der Waals surface area contributed by atoms with Crippen molar-refractivity contribution in [2.45, 2.75) is 46.5 Å². The Morgan fingerprint density at radius 1 is 1.03 bits per heavy atom. The van der Waals surface area contributed by atoms with Gasteiger partial charge in [0.1, 0.15) is 12.4 Å². The van der Waals surface area contributed by atoms with Gasteiger partial charge in [-0.15, -0.1) is 0 Å². The first kappa shape index (κ1) is 25.3. The zero-order valence-corrected chi connectivity index (χ0v) is 21.1. The molecule has 0 saturated heterocycles. The maximum Gasteiger partial charge on any atom is 0.322 e. The number of carbonyl (C=O) groups excluding carboxylic acids is 2. The summed E-state index contributed by atoms with van der Waals surface area (Å²) < 4.78 is 1.63. The molecule has 2 N–H and O–H groups in total. The van der Waals surface area contributed by atoms with Crippen LogP contribution in [0.15, 0.2) is 54.6 Å². The molecule has 0 aliphatic heterocycles. The highest BCUT2D eigenvalue weighted by molar-refractivity contribution is 6.32. The minimum atomic E-state index is -0.336. The van der Waals surface area contributed by atoms with Crippen molar-refractivity contribution >= 4 is 35.0 Å². The minimum Gasteiger partial charge on any atom is -0.315 e. The van der Waals surface area contributed by atoms with Crippen LogP contribution in [-0.2, 0) is 16.6 Å². The number of anilines is 2. The molecule has 3 rings (SSSR count). The SMILES string of the molecule is CCc1ccc(NC(=O)N(CC)CC(=O)Nc2cc(C(C)(C)C)nn2-c2ccccc2Cl)cc1. The first-order chi connectivity index (χ1) is 16.1. The summed E-state index contributed by atoms with van der Waals surface area (Å²) in [6, 6.07) is 16.5. The number of nitrogens with zero attached hydrogens (tertiary/aromatic N) is 3. The number of hydrogen-bond donors (Lipinski definition) is 2. The molecule has 0 unspecified atom stereocenters. The molecular formula is C26H32ClN5O2. The molecule has 7 nitrogen and oxygen atoms in total. The molecule has 8 heteroatoms. The molecule has 0 aliphatic carbocycles. The fourth-order valence-electron chi connectivity index (χ4n) is 3.35. The average Bonchev–Trinajstić information content (AvgIpc) is 3.22. The smallest absolute Gasteiger partial charge is 0.315 e. The van der Waals surface area contributed by atoms with Gasteiger partial charge in [-0.3, -0.25) is 4.79 Å². The van der Waals surface area contributed by atoms with Gasteiger partial charge in [-0.1, -0.05) is 63.6 Å². The highest BCUT2D eigenvalue weighted by Gasteiger charge is 2.23. The third kappa shape index (κ3) is 6.17. The lowest BCUT2D eigenvalue weighted by molar-refractivity contribution is -0.116. The van der Waals surface area contributed by atoms with Crippen LogP contribution in [0.25, 0.3) is 5.69 Å². The number of carbonyl (C=O) groups is 2.